The zero-order valence-corrected chi connectivity index (χ0v) is 7.11. The maximum Gasteiger partial charge on any atom is 0.123 e. The summed E-state index contributed by atoms with van der Waals surface area (Å²) in [6.45, 7) is 0.825. The third-order valence-electron chi connectivity index (χ3n) is 2.33. The summed E-state index contributed by atoms with van der Waals surface area (Å²) in [5.41, 5.74) is 0.810. The number of rotatable bonds is 1. The third-order valence-corrected chi connectivity index (χ3v) is 2.33. The van der Waals surface area contributed by atoms with E-state index in [0.717, 1.165) is 5.56 Å². The van der Waals surface area contributed by atoms with E-state index < -0.39 is 6.10 Å². The highest BCUT2D eigenvalue weighted by Crippen LogP contribution is 2.25. The summed E-state index contributed by atoms with van der Waals surface area (Å²) >= 11 is 0. The lowest BCUT2D eigenvalue weighted by Gasteiger charge is -2.11. The van der Waals surface area contributed by atoms with E-state index in [4.69, 9.17) is 4.74 Å². The number of benzene rings is 1. The van der Waals surface area contributed by atoms with Crippen molar-refractivity contribution in [3.8, 4) is 0 Å². The average molecular weight is 182 g/mol. The second kappa shape index (κ2) is 3.44. The van der Waals surface area contributed by atoms with Gasteiger partial charge in [0.25, 0.3) is 0 Å². The minimum Gasteiger partial charge on any atom is -0.390 e. The first-order valence-electron chi connectivity index (χ1n) is 4.28. The van der Waals surface area contributed by atoms with Crippen molar-refractivity contribution in [2.45, 2.75) is 12.0 Å². The van der Waals surface area contributed by atoms with Crippen LogP contribution in [-0.2, 0) is 4.74 Å². The number of halogens is 1. The molecule has 0 bridgehead atoms. The molecule has 1 aliphatic heterocycles. The maximum absolute atomic E-state index is 12.8. The van der Waals surface area contributed by atoms with Crippen LogP contribution in [0.3, 0.4) is 0 Å². The summed E-state index contributed by atoms with van der Waals surface area (Å²) in [6, 6.07) is 6.30. The van der Waals surface area contributed by atoms with Crippen molar-refractivity contribution in [1.29, 1.82) is 0 Å². The first kappa shape index (κ1) is 8.66. The van der Waals surface area contributed by atoms with E-state index in [1.165, 1.54) is 12.1 Å². The highest BCUT2D eigenvalue weighted by molar-refractivity contribution is 5.22. The molecule has 1 aromatic rings. The lowest BCUT2D eigenvalue weighted by Crippen LogP contribution is -2.15. The van der Waals surface area contributed by atoms with Gasteiger partial charge in [-0.2, -0.15) is 0 Å². The number of ether oxygens (including phenoxy) is 1. The molecule has 2 atom stereocenters. The molecule has 70 valence electrons. The lowest BCUT2D eigenvalue weighted by atomic mass is 9.96. The molecule has 0 amide bonds. The van der Waals surface area contributed by atoms with Crippen LogP contribution in [-0.4, -0.2) is 24.4 Å². The molecule has 0 aliphatic carbocycles. The summed E-state index contributed by atoms with van der Waals surface area (Å²) in [7, 11) is 0. The van der Waals surface area contributed by atoms with Gasteiger partial charge in [-0.15, -0.1) is 0 Å². The van der Waals surface area contributed by atoms with Gasteiger partial charge in [-0.1, -0.05) is 12.1 Å². The molecule has 0 spiro atoms. The van der Waals surface area contributed by atoms with Gasteiger partial charge in [0, 0.05) is 5.92 Å². The summed E-state index contributed by atoms with van der Waals surface area (Å²) in [6.07, 6.45) is -0.498. The topological polar surface area (TPSA) is 29.5 Å². The SMILES string of the molecule is OC1COCC1c1cccc(F)c1. The molecule has 0 aromatic heterocycles. The molecule has 0 radical (unpaired) electrons. The van der Waals surface area contributed by atoms with Gasteiger partial charge >= 0.3 is 0 Å². The molecule has 1 aliphatic rings. The molecular weight excluding hydrogens is 171 g/mol. The predicted octanol–water partition coefficient (Wildman–Crippen LogP) is 1.30. The smallest absolute Gasteiger partial charge is 0.123 e. The van der Waals surface area contributed by atoms with Crippen molar-refractivity contribution in [1.82, 2.24) is 0 Å². The molecule has 1 aromatic carbocycles. The molecule has 2 unspecified atom stereocenters. The zero-order valence-electron chi connectivity index (χ0n) is 7.11. The van der Waals surface area contributed by atoms with E-state index in [1.807, 2.05) is 6.07 Å². The van der Waals surface area contributed by atoms with Crippen LogP contribution in [0.15, 0.2) is 24.3 Å². The number of hydrogen-bond acceptors (Lipinski definition) is 2. The molecule has 2 nitrogen and oxygen atoms in total. The molecule has 1 heterocycles. The van der Waals surface area contributed by atoms with Gasteiger partial charge in [-0.25, -0.2) is 4.39 Å². The van der Waals surface area contributed by atoms with Crippen molar-refractivity contribution >= 4 is 0 Å². The van der Waals surface area contributed by atoms with Crippen LogP contribution in [0.2, 0.25) is 0 Å². The van der Waals surface area contributed by atoms with E-state index in [2.05, 4.69) is 0 Å². The fraction of sp³-hybridized carbons (Fsp3) is 0.400. The first-order chi connectivity index (χ1) is 6.27. The van der Waals surface area contributed by atoms with Crippen LogP contribution in [0.5, 0.6) is 0 Å². The Hall–Kier alpha value is -0.930. The van der Waals surface area contributed by atoms with E-state index in [0.29, 0.717) is 13.2 Å². The van der Waals surface area contributed by atoms with Crippen LogP contribution in [0.4, 0.5) is 4.39 Å². The summed E-state index contributed by atoms with van der Waals surface area (Å²) in [4.78, 5) is 0. The minimum atomic E-state index is -0.498. The van der Waals surface area contributed by atoms with Crippen LogP contribution in [0.1, 0.15) is 11.5 Å². The molecule has 3 heteroatoms. The van der Waals surface area contributed by atoms with E-state index in [1.54, 1.807) is 6.07 Å². The molecule has 2 rings (SSSR count). The van der Waals surface area contributed by atoms with Crippen molar-refractivity contribution in [3.63, 3.8) is 0 Å². The normalized spacial score (nSPS) is 27.8. The average Bonchev–Trinajstić information content (AvgIpc) is 2.51. The fourth-order valence-electron chi connectivity index (χ4n) is 1.60. The van der Waals surface area contributed by atoms with E-state index in [9.17, 15) is 9.50 Å². The Labute approximate surface area is 76.0 Å². The Bertz CT molecular complexity index is 301. The Balaban J connectivity index is 2.24. The number of aliphatic hydroxyl groups excluding tert-OH is 1. The third kappa shape index (κ3) is 1.71. The Morgan fingerprint density at radius 3 is 2.85 bits per heavy atom. The van der Waals surface area contributed by atoms with Crippen molar-refractivity contribution in [3.05, 3.63) is 35.6 Å². The highest BCUT2D eigenvalue weighted by Gasteiger charge is 2.27. The zero-order chi connectivity index (χ0) is 9.26. The quantitative estimate of drug-likeness (QED) is 0.709. The largest absolute Gasteiger partial charge is 0.390 e. The van der Waals surface area contributed by atoms with Gasteiger partial charge in [0.15, 0.2) is 0 Å². The van der Waals surface area contributed by atoms with Gasteiger partial charge in [-0.05, 0) is 17.7 Å². The van der Waals surface area contributed by atoms with Gasteiger partial charge in [0.2, 0.25) is 0 Å². The minimum absolute atomic E-state index is 0.0734. The van der Waals surface area contributed by atoms with Crippen molar-refractivity contribution < 1.29 is 14.2 Å². The Kier molecular flexibility index (Phi) is 2.29. The van der Waals surface area contributed by atoms with Crippen LogP contribution >= 0.6 is 0 Å². The standard InChI is InChI=1S/C10H11FO2/c11-8-3-1-2-7(4-8)9-5-13-6-10(9)12/h1-4,9-10,12H,5-6H2. The molecule has 1 saturated heterocycles. The van der Waals surface area contributed by atoms with E-state index >= 15 is 0 Å². The Morgan fingerprint density at radius 2 is 2.23 bits per heavy atom. The lowest BCUT2D eigenvalue weighted by molar-refractivity contribution is 0.124. The van der Waals surface area contributed by atoms with Crippen LogP contribution in [0, 0.1) is 5.82 Å². The van der Waals surface area contributed by atoms with Gasteiger partial charge in [0.05, 0.1) is 19.3 Å². The predicted molar refractivity (Wildman–Crippen MR) is 46.0 cm³/mol. The summed E-state index contributed by atoms with van der Waals surface area (Å²) in [5, 5.41) is 9.49. The van der Waals surface area contributed by atoms with Crippen LogP contribution in [0.25, 0.3) is 0 Å². The van der Waals surface area contributed by atoms with Gasteiger partial charge in [0.1, 0.15) is 5.82 Å². The molecule has 1 fully saturated rings. The first-order valence-corrected chi connectivity index (χ1v) is 4.28. The highest BCUT2D eigenvalue weighted by atomic mass is 19.1. The second-order valence-electron chi connectivity index (χ2n) is 3.27. The molecule has 13 heavy (non-hydrogen) atoms. The van der Waals surface area contributed by atoms with Crippen LogP contribution < -0.4 is 0 Å². The van der Waals surface area contributed by atoms with Crippen molar-refractivity contribution in [2.24, 2.45) is 0 Å². The summed E-state index contributed by atoms with van der Waals surface area (Å²) in [5.74, 6) is -0.340. The molecular formula is C10H11FO2. The maximum atomic E-state index is 12.8. The van der Waals surface area contributed by atoms with Crippen molar-refractivity contribution in [2.75, 3.05) is 13.2 Å². The van der Waals surface area contributed by atoms with Gasteiger partial charge < -0.3 is 9.84 Å². The fourth-order valence-corrected chi connectivity index (χ4v) is 1.60. The Morgan fingerprint density at radius 1 is 1.38 bits per heavy atom. The monoisotopic (exact) mass is 182 g/mol. The number of aliphatic hydroxyl groups is 1. The summed E-state index contributed by atoms with van der Waals surface area (Å²) < 4.78 is 17.9. The second-order valence-corrected chi connectivity index (χ2v) is 3.27. The van der Waals surface area contributed by atoms with Gasteiger partial charge in [-0.3, -0.25) is 0 Å². The number of hydrogen-bond donors (Lipinski definition) is 1. The molecule has 0 saturated carbocycles. The van der Waals surface area contributed by atoms with E-state index in [-0.39, 0.29) is 11.7 Å². The molecule has 1 N–H and O–H groups in total.